The molecule has 1 aromatic carbocycles. The topological polar surface area (TPSA) is 75.3 Å². The van der Waals surface area contributed by atoms with Crippen LogP contribution >= 0.6 is 0 Å². The second-order valence-electron chi connectivity index (χ2n) is 5.15. The summed E-state index contributed by atoms with van der Waals surface area (Å²) in [5.74, 6) is -1.30. The standard InChI is InChI=1S/C14H19FN2O2/c1-2-9(5-8-3-4-8)17-13-7-11(15)10(14(18)19)6-12(13)16/h6-9,17H,2-5,16H2,1H3,(H,18,19). The van der Waals surface area contributed by atoms with Crippen LogP contribution < -0.4 is 11.1 Å². The van der Waals surface area contributed by atoms with Crippen molar-refractivity contribution in [1.82, 2.24) is 0 Å². The third-order valence-corrected chi connectivity index (χ3v) is 3.54. The van der Waals surface area contributed by atoms with Crippen molar-refractivity contribution in [3.8, 4) is 0 Å². The summed E-state index contributed by atoms with van der Waals surface area (Å²) in [7, 11) is 0. The number of halogens is 1. The number of nitrogens with one attached hydrogen (secondary N) is 1. The monoisotopic (exact) mass is 266 g/mol. The van der Waals surface area contributed by atoms with Crippen molar-refractivity contribution in [1.29, 1.82) is 0 Å². The molecule has 1 atom stereocenters. The fraction of sp³-hybridized carbons (Fsp3) is 0.500. The molecule has 1 unspecified atom stereocenters. The van der Waals surface area contributed by atoms with Gasteiger partial charge in [0.2, 0.25) is 0 Å². The molecule has 4 N–H and O–H groups in total. The number of nitrogens with two attached hydrogens (primary N) is 1. The molecule has 19 heavy (non-hydrogen) atoms. The SMILES string of the molecule is CCC(CC1CC1)Nc1cc(F)c(C(=O)O)cc1N. The summed E-state index contributed by atoms with van der Waals surface area (Å²) in [6, 6.07) is 2.60. The summed E-state index contributed by atoms with van der Waals surface area (Å²) in [6.07, 6.45) is 4.51. The maximum atomic E-state index is 13.6. The van der Waals surface area contributed by atoms with Gasteiger partial charge in [0.1, 0.15) is 5.82 Å². The van der Waals surface area contributed by atoms with E-state index in [4.69, 9.17) is 10.8 Å². The number of benzene rings is 1. The zero-order valence-electron chi connectivity index (χ0n) is 10.9. The highest BCUT2D eigenvalue weighted by Crippen LogP contribution is 2.35. The van der Waals surface area contributed by atoms with Gasteiger partial charge in [0.15, 0.2) is 0 Å². The van der Waals surface area contributed by atoms with E-state index in [-0.39, 0.29) is 11.7 Å². The Labute approximate surface area is 111 Å². The normalized spacial score (nSPS) is 16.1. The first-order valence-electron chi connectivity index (χ1n) is 6.60. The molecule has 0 radical (unpaired) electrons. The van der Waals surface area contributed by atoms with Crippen LogP contribution in [0.3, 0.4) is 0 Å². The first-order chi connectivity index (χ1) is 9.01. The fourth-order valence-corrected chi connectivity index (χ4v) is 2.18. The average Bonchev–Trinajstić information content (AvgIpc) is 3.15. The fourth-order valence-electron chi connectivity index (χ4n) is 2.18. The van der Waals surface area contributed by atoms with Gasteiger partial charge in [-0.3, -0.25) is 0 Å². The van der Waals surface area contributed by atoms with Crippen LogP contribution in [0, 0.1) is 11.7 Å². The molecule has 0 aromatic heterocycles. The molecule has 0 aliphatic heterocycles. The van der Waals surface area contributed by atoms with E-state index in [2.05, 4.69) is 12.2 Å². The Morgan fingerprint density at radius 3 is 2.79 bits per heavy atom. The van der Waals surface area contributed by atoms with Crippen LogP contribution in [-0.2, 0) is 0 Å². The average molecular weight is 266 g/mol. The van der Waals surface area contributed by atoms with Crippen molar-refractivity contribution >= 4 is 17.3 Å². The summed E-state index contributed by atoms with van der Waals surface area (Å²) >= 11 is 0. The van der Waals surface area contributed by atoms with Gasteiger partial charge in [-0.2, -0.15) is 0 Å². The highest BCUT2D eigenvalue weighted by atomic mass is 19.1. The van der Waals surface area contributed by atoms with Crippen LogP contribution in [0.15, 0.2) is 12.1 Å². The Hall–Kier alpha value is -1.78. The van der Waals surface area contributed by atoms with Crippen molar-refractivity contribution in [2.24, 2.45) is 5.92 Å². The minimum absolute atomic E-state index is 0.255. The van der Waals surface area contributed by atoms with Gasteiger partial charge in [-0.25, -0.2) is 9.18 Å². The Morgan fingerprint density at radius 1 is 1.58 bits per heavy atom. The van der Waals surface area contributed by atoms with E-state index in [0.29, 0.717) is 5.69 Å². The lowest BCUT2D eigenvalue weighted by Crippen LogP contribution is -2.20. The summed E-state index contributed by atoms with van der Waals surface area (Å²) in [5.41, 5.74) is 6.15. The smallest absolute Gasteiger partial charge is 0.338 e. The maximum Gasteiger partial charge on any atom is 0.338 e. The minimum Gasteiger partial charge on any atom is -0.478 e. The van der Waals surface area contributed by atoms with Crippen molar-refractivity contribution in [3.05, 3.63) is 23.5 Å². The van der Waals surface area contributed by atoms with E-state index >= 15 is 0 Å². The number of hydrogen-bond donors (Lipinski definition) is 3. The molecule has 0 saturated heterocycles. The van der Waals surface area contributed by atoms with Gasteiger partial charge in [-0.05, 0) is 30.9 Å². The Morgan fingerprint density at radius 2 is 2.26 bits per heavy atom. The van der Waals surface area contributed by atoms with Crippen LogP contribution in [-0.4, -0.2) is 17.1 Å². The predicted molar refractivity (Wildman–Crippen MR) is 72.8 cm³/mol. The Bertz CT molecular complexity index is 487. The maximum absolute atomic E-state index is 13.6. The number of rotatable bonds is 6. The van der Waals surface area contributed by atoms with E-state index in [1.165, 1.54) is 25.0 Å². The Balaban J connectivity index is 2.14. The lowest BCUT2D eigenvalue weighted by atomic mass is 10.1. The van der Waals surface area contributed by atoms with Crippen LogP contribution in [0.4, 0.5) is 15.8 Å². The number of aromatic carboxylic acids is 1. The number of carboxylic acids is 1. The predicted octanol–water partition coefficient (Wildman–Crippen LogP) is 3.10. The van der Waals surface area contributed by atoms with Crippen LogP contribution in [0.1, 0.15) is 43.0 Å². The van der Waals surface area contributed by atoms with Gasteiger partial charge >= 0.3 is 5.97 Å². The number of carbonyl (C=O) groups is 1. The quantitative estimate of drug-likeness (QED) is 0.692. The van der Waals surface area contributed by atoms with E-state index in [1.54, 1.807) is 0 Å². The molecule has 1 aliphatic carbocycles. The summed E-state index contributed by atoms with van der Waals surface area (Å²) < 4.78 is 13.6. The van der Waals surface area contributed by atoms with Gasteiger partial charge < -0.3 is 16.2 Å². The molecule has 0 bridgehead atoms. The molecule has 1 aromatic rings. The highest BCUT2D eigenvalue weighted by molar-refractivity contribution is 5.90. The molecule has 0 amide bonds. The summed E-state index contributed by atoms with van der Waals surface area (Å²) in [5, 5.41) is 12.0. The third kappa shape index (κ3) is 3.36. The van der Waals surface area contributed by atoms with Gasteiger partial charge in [0, 0.05) is 6.04 Å². The molecular weight excluding hydrogens is 247 g/mol. The molecule has 104 valence electrons. The molecule has 0 spiro atoms. The van der Waals surface area contributed by atoms with Crippen molar-refractivity contribution in [2.45, 2.75) is 38.6 Å². The van der Waals surface area contributed by atoms with Crippen LogP contribution in [0.2, 0.25) is 0 Å². The lowest BCUT2D eigenvalue weighted by molar-refractivity contribution is 0.0692. The van der Waals surface area contributed by atoms with Gasteiger partial charge in [0.05, 0.1) is 16.9 Å². The molecule has 1 aliphatic rings. The van der Waals surface area contributed by atoms with E-state index < -0.39 is 17.3 Å². The largest absolute Gasteiger partial charge is 0.478 e. The molecule has 1 fully saturated rings. The molecule has 4 nitrogen and oxygen atoms in total. The second-order valence-corrected chi connectivity index (χ2v) is 5.15. The zero-order chi connectivity index (χ0) is 14.0. The molecule has 2 rings (SSSR count). The van der Waals surface area contributed by atoms with Gasteiger partial charge in [-0.1, -0.05) is 19.8 Å². The molecule has 1 saturated carbocycles. The minimum atomic E-state index is -1.30. The second kappa shape index (κ2) is 5.47. The molecule has 5 heteroatoms. The number of hydrogen-bond acceptors (Lipinski definition) is 3. The Kier molecular flexibility index (Phi) is 3.93. The van der Waals surface area contributed by atoms with Gasteiger partial charge in [-0.15, -0.1) is 0 Å². The van der Waals surface area contributed by atoms with Crippen molar-refractivity contribution < 1.29 is 14.3 Å². The summed E-state index contributed by atoms with van der Waals surface area (Å²) in [6.45, 7) is 2.07. The molecule has 0 heterocycles. The van der Waals surface area contributed by atoms with E-state index in [9.17, 15) is 9.18 Å². The van der Waals surface area contributed by atoms with Crippen molar-refractivity contribution in [3.63, 3.8) is 0 Å². The van der Waals surface area contributed by atoms with Gasteiger partial charge in [0.25, 0.3) is 0 Å². The summed E-state index contributed by atoms with van der Waals surface area (Å²) in [4.78, 5) is 10.8. The van der Waals surface area contributed by atoms with Crippen LogP contribution in [0.25, 0.3) is 0 Å². The molecular formula is C14H19FN2O2. The van der Waals surface area contributed by atoms with Crippen LogP contribution in [0.5, 0.6) is 0 Å². The van der Waals surface area contributed by atoms with E-state index in [0.717, 1.165) is 18.8 Å². The lowest BCUT2D eigenvalue weighted by Gasteiger charge is -2.19. The number of nitrogen functional groups attached to an aromatic ring is 1. The first-order valence-corrected chi connectivity index (χ1v) is 6.60. The number of carboxylic acid groups (broad SMARTS) is 1. The first kappa shape index (κ1) is 13.6. The van der Waals surface area contributed by atoms with E-state index in [1.807, 2.05) is 0 Å². The zero-order valence-corrected chi connectivity index (χ0v) is 10.9. The number of anilines is 2. The van der Waals surface area contributed by atoms with Crippen molar-refractivity contribution in [2.75, 3.05) is 11.1 Å². The third-order valence-electron chi connectivity index (χ3n) is 3.54. The highest BCUT2D eigenvalue weighted by Gasteiger charge is 2.25.